The van der Waals surface area contributed by atoms with Gasteiger partial charge in [-0.3, -0.25) is 5.10 Å². The summed E-state index contributed by atoms with van der Waals surface area (Å²) < 4.78 is 10.8. The maximum Gasteiger partial charge on any atom is 0.171 e. The lowest BCUT2D eigenvalue weighted by Crippen LogP contribution is -2.14. The van der Waals surface area contributed by atoms with Crippen LogP contribution in [0.1, 0.15) is 37.1 Å². The van der Waals surface area contributed by atoms with Crippen molar-refractivity contribution >= 4 is 0 Å². The standard InChI is InChI=1S/C14H20N4O2/c1-4-12-16-14(18-17-12)13(15)9-6-7-10(19-3)11(8-9)20-5-2/h6-8,13H,4-5,15H2,1-3H3,(H,16,17,18)/t13-/m1/s1. The number of ether oxygens (including phenoxy) is 2. The molecule has 6 heteroatoms. The van der Waals surface area contributed by atoms with Crippen molar-refractivity contribution in [1.82, 2.24) is 15.2 Å². The van der Waals surface area contributed by atoms with E-state index in [9.17, 15) is 0 Å². The molecule has 3 N–H and O–H groups in total. The van der Waals surface area contributed by atoms with Gasteiger partial charge in [-0.2, -0.15) is 5.10 Å². The first-order valence-electron chi connectivity index (χ1n) is 6.67. The zero-order valence-corrected chi connectivity index (χ0v) is 12.0. The molecule has 0 aliphatic heterocycles. The van der Waals surface area contributed by atoms with Crippen LogP contribution in [0.3, 0.4) is 0 Å². The number of nitrogens with one attached hydrogen (secondary N) is 1. The zero-order chi connectivity index (χ0) is 14.5. The van der Waals surface area contributed by atoms with Gasteiger partial charge in [0, 0.05) is 6.42 Å². The third kappa shape index (κ3) is 2.91. The molecular formula is C14H20N4O2. The monoisotopic (exact) mass is 276 g/mol. The second-order valence-corrected chi connectivity index (χ2v) is 4.31. The average Bonchev–Trinajstić information content (AvgIpc) is 2.95. The van der Waals surface area contributed by atoms with Crippen LogP contribution in [0.25, 0.3) is 0 Å². The Kier molecular flexibility index (Phi) is 4.57. The summed E-state index contributed by atoms with van der Waals surface area (Å²) in [6.07, 6.45) is 0.798. The highest BCUT2D eigenvalue weighted by Crippen LogP contribution is 2.30. The van der Waals surface area contributed by atoms with Crippen LogP contribution in [-0.4, -0.2) is 28.9 Å². The lowest BCUT2D eigenvalue weighted by atomic mass is 10.1. The van der Waals surface area contributed by atoms with E-state index in [1.54, 1.807) is 7.11 Å². The molecule has 0 saturated heterocycles. The van der Waals surface area contributed by atoms with Gasteiger partial charge in [-0.15, -0.1) is 0 Å². The summed E-state index contributed by atoms with van der Waals surface area (Å²) in [7, 11) is 1.61. The molecule has 0 aliphatic carbocycles. The number of nitrogens with zero attached hydrogens (tertiary/aromatic N) is 2. The van der Waals surface area contributed by atoms with Gasteiger partial charge in [0.2, 0.25) is 0 Å². The van der Waals surface area contributed by atoms with Crippen LogP contribution in [0.4, 0.5) is 0 Å². The SMILES string of the molecule is CCOc1cc([C@@H](N)c2n[nH]c(CC)n2)ccc1OC. The van der Waals surface area contributed by atoms with Crippen molar-refractivity contribution in [1.29, 1.82) is 0 Å². The summed E-state index contributed by atoms with van der Waals surface area (Å²) in [5.41, 5.74) is 7.08. The van der Waals surface area contributed by atoms with Crippen molar-refractivity contribution < 1.29 is 9.47 Å². The minimum atomic E-state index is -0.392. The number of rotatable bonds is 6. The maximum absolute atomic E-state index is 6.20. The summed E-state index contributed by atoms with van der Waals surface area (Å²) in [4.78, 5) is 4.36. The maximum atomic E-state index is 6.20. The Morgan fingerprint density at radius 2 is 2.10 bits per heavy atom. The topological polar surface area (TPSA) is 86.0 Å². The van der Waals surface area contributed by atoms with Crippen LogP contribution in [-0.2, 0) is 6.42 Å². The van der Waals surface area contributed by atoms with Crippen LogP contribution in [0.5, 0.6) is 11.5 Å². The summed E-state index contributed by atoms with van der Waals surface area (Å²) in [6.45, 7) is 4.50. The van der Waals surface area contributed by atoms with Crippen LogP contribution in [0.15, 0.2) is 18.2 Å². The smallest absolute Gasteiger partial charge is 0.171 e. The van der Waals surface area contributed by atoms with Gasteiger partial charge < -0.3 is 15.2 Å². The number of benzene rings is 1. The van der Waals surface area contributed by atoms with Gasteiger partial charge in [-0.05, 0) is 24.6 Å². The minimum Gasteiger partial charge on any atom is -0.493 e. The van der Waals surface area contributed by atoms with Gasteiger partial charge >= 0.3 is 0 Å². The number of H-pyrrole nitrogens is 1. The van der Waals surface area contributed by atoms with Crippen molar-refractivity contribution in [2.75, 3.05) is 13.7 Å². The molecule has 0 radical (unpaired) electrons. The fourth-order valence-electron chi connectivity index (χ4n) is 1.91. The molecule has 0 spiro atoms. The van der Waals surface area contributed by atoms with Gasteiger partial charge in [0.1, 0.15) is 5.82 Å². The number of aromatic amines is 1. The van der Waals surface area contributed by atoms with Crippen LogP contribution in [0, 0.1) is 0 Å². The molecule has 0 unspecified atom stereocenters. The van der Waals surface area contributed by atoms with Gasteiger partial charge in [0.25, 0.3) is 0 Å². The Balaban J connectivity index is 2.29. The van der Waals surface area contributed by atoms with Gasteiger partial charge in [0.15, 0.2) is 17.3 Å². The summed E-state index contributed by atoms with van der Waals surface area (Å²) >= 11 is 0. The van der Waals surface area contributed by atoms with E-state index in [-0.39, 0.29) is 0 Å². The molecule has 1 atom stereocenters. The summed E-state index contributed by atoms with van der Waals surface area (Å²) in [5, 5.41) is 7.02. The Morgan fingerprint density at radius 3 is 2.70 bits per heavy atom. The largest absolute Gasteiger partial charge is 0.493 e. The first-order valence-corrected chi connectivity index (χ1v) is 6.67. The molecular weight excluding hydrogens is 256 g/mol. The Labute approximate surface area is 118 Å². The Bertz CT molecular complexity index is 568. The van der Waals surface area contributed by atoms with Gasteiger partial charge in [0.05, 0.1) is 19.8 Å². The van der Waals surface area contributed by atoms with E-state index in [0.29, 0.717) is 23.9 Å². The van der Waals surface area contributed by atoms with E-state index < -0.39 is 6.04 Å². The molecule has 0 bridgehead atoms. The van der Waals surface area contributed by atoms with Crippen LogP contribution in [0.2, 0.25) is 0 Å². The molecule has 20 heavy (non-hydrogen) atoms. The molecule has 1 heterocycles. The highest BCUT2D eigenvalue weighted by atomic mass is 16.5. The lowest BCUT2D eigenvalue weighted by Gasteiger charge is -2.13. The number of nitrogens with two attached hydrogens (primary N) is 1. The highest BCUT2D eigenvalue weighted by molar-refractivity contribution is 5.44. The molecule has 0 saturated carbocycles. The summed E-state index contributed by atoms with van der Waals surface area (Å²) in [5.74, 6) is 2.77. The third-order valence-electron chi connectivity index (χ3n) is 3.01. The minimum absolute atomic E-state index is 0.392. The van der Waals surface area contributed by atoms with E-state index >= 15 is 0 Å². The van der Waals surface area contributed by atoms with Crippen molar-refractivity contribution in [2.24, 2.45) is 5.73 Å². The second-order valence-electron chi connectivity index (χ2n) is 4.31. The van der Waals surface area contributed by atoms with Crippen LogP contribution < -0.4 is 15.2 Å². The number of hydrogen-bond donors (Lipinski definition) is 2. The molecule has 0 amide bonds. The molecule has 1 aromatic heterocycles. The Hall–Kier alpha value is -2.08. The van der Waals surface area contributed by atoms with Gasteiger partial charge in [-0.1, -0.05) is 13.0 Å². The van der Waals surface area contributed by atoms with Crippen molar-refractivity contribution in [3.8, 4) is 11.5 Å². The predicted octanol–water partition coefficient (Wildman–Crippen LogP) is 1.82. The van der Waals surface area contributed by atoms with Crippen molar-refractivity contribution in [3.63, 3.8) is 0 Å². The molecule has 1 aromatic carbocycles. The zero-order valence-electron chi connectivity index (χ0n) is 12.0. The van der Waals surface area contributed by atoms with Crippen molar-refractivity contribution in [2.45, 2.75) is 26.3 Å². The predicted molar refractivity (Wildman–Crippen MR) is 76.0 cm³/mol. The molecule has 108 valence electrons. The Morgan fingerprint density at radius 1 is 1.30 bits per heavy atom. The third-order valence-corrected chi connectivity index (χ3v) is 3.01. The second kappa shape index (κ2) is 6.38. The van der Waals surface area contributed by atoms with E-state index in [2.05, 4.69) is 15.2 Å². The molecule has 6 nitrogen and oxygen atoms in total. The fraction of sp³-hybridized carbons (Fsp3) is 0.429. The van der Waals surface area contributed by atoms with Crippen molar-refractivity contribution in [3.05, 3.63) is 35.4 Å². The van der Waals surface area contributed by atoms with E-state index in [0.717, 1.165) is 17.8 Å². The van der Waals surface area contributed by atoms with Gasteiger partial charge in [-0.25, -0.2) is 4.98 Å². The first kappa shape index (κ1) is 14.3. The average molecular weight is 276 g/mol. The molecule has 0 aliphatic rings. The molecule has 2 aromatic rings. The van der Waals surface area contributed by atoms with E-state index in [4.69, 9.17) is 15.2 Å². The van der Waals surface area contributed by atoms with E-state index in [1.807, 2.05) is 32.0 Å². The van der Waals surface area contributed by atoms with E-state index in [1.165, 1.54) is 0 Å². The van der Waals surface area contributed by atoms with Crippen LogP contribution >= 0.6 is 0 Å². The normalized spacial score (nSPS) is 12.2. The quantitative estimate of drug-likeness (QED) is 0.840. The fourth-order valence-corrected chi connectivity index (χ4v) is 1.91. The number of methoxy groups -OCH3 is 1. The lowest BCUT2D eigenvalue weighted by molar-refractivity contribution is 0.310. The number of hydrogen-bond acceptors (Lipinski definition) is 5. The first-order chi connectivity index (χ1) is 9.69. The number of aromatic nitrogens is 3. The highest BCUT2D eigenvalue weighted by Gasteiger charge is 2.16. The molecule has 2 rings (SSSR count). The molecule has 0 fully saturated rings. The summed E-state index contributed by atoms with van der Waals surface area (Å²) in [6, 6.07) is 5.22. The number of aryl methyl sites for hydroxylation is 1.